The maximum Gasteiger partial charge on any atom is 0.0125 e. The molecule has 17 heavy (non-hydrogen) atoms. The molecule has 2 N–H and O–H groups in total. The van der Waals surface area contributed by atoms with Gasteiger partial charge in [0.05, 0.1) is 0 Å². The Hall–Kier alpha value is -0.120. The van der Waals surface area contributed by atoms with Crippen molar-refractivity contribution in [2.24, 2.45) is 5.73 Å². The molecular weight excluding hydrogens is 210 g/mol. The van der Waals surface area contributed by atoms with Crippen molar-refractivity contribution >= 4 is 0 Å². The third-order valence-electron chi connectivity index (χ3n) is 4.50. The molecule has 0 spiro atoms. The molecular formula is C14H29N3. The first kappa shape index (κ1) is 13.3. The summed E-state index contributed by atoms with van der Waals surface area (Å²) >= 11 is 0. The smallest absolute Gasteiger partial charge is 0.0125 e. The van der Waals surface area contributed by atoms with Crippen molar-refractivity contribution < 1.29 is 0 Å². The van der Waals surface area contributed by atoms with E-state index in [0.29, 0.717) is 11.6 Å². The van der Waals surface area contributed by atoms with E-state index in [0.717, 1.165) is 6.04 Å². The lowest BCUT2D eigenvalue weighted by molar-refractivity contribution is 0.0468. The third kappa shape index (κ3) is 3.43. The summed E-state index contributed by atoms with van der Waals surface area (Å²) in [6.45, 7) is 11.9. The minimum atomic E-state index is 0.342. The van der Waals surface area contributed by atoms with Gasteiger partial charge in [-0.15, -0.1) is 0 Å². The molecule has 0 aromatic rings. The number of likely N-dealkylation sites (tertiary alicyclic amines) is 2. The topological polar surface area (TPSA) is 32.5 Å². The third-order valence-corrected chi connectivity index (χ3v) is 4.50. The predicted octanol–water partition coefficient (Wildman–Crippen LogP) is 1.67. The van der Waals surface area contributed by atoms with Crippen molar-refractivity contribution in [3.63, 3.8) is 0 Å². The fourth-order valence-corrected chi connectivity index (χ4v) is 3.19. The normalized spacial score (nSPS) is 27.5. The molecule has 0 saturated carbocycles. The van der Waals surface area contributed by atoms with Gasteiger partial charge >= 0.3 is 0 Å². The van der Waals surface area contributed by atoms with Crippen LogP contribution in [0.4, 0.5) is 0 Å². The Morgan fingerprint density at radius 2 is 1.41 bits per heavy atom. The van der Waals surface area contributed by atoms with Crippen LogP contribution in [0.2, 0.25) is 0 Å². The molecule has 2 rings (SSSR count). The molecule has 100 valence electrons. The first-order valence-electron chi connectivity index (χ1n) is 7.21. The molecule has 3 heteroatoms. The van der Waals surface area contributed by atoms with Crippen LogP contribution in [-0.4, -0.2) is 53.6 Å². The van der Waals surface area contributed by atoms with E-state index < -0.39 is 0 Å². The second-order valence-corrected chi connectivity index (χ2v) is 6.76. The minimum absolute atomic E-state index is 0.342. The Kier molecular flexibility index (Phi) is 4.11. The van der Waals surface area contributed by atoms with Gasteiger partial charge in [0, 0.05) is 30.7 Å². The van der Waals surface area contributed by atoms with Crippen LogP contribution in [0.5, 0.6) is 0 Å². The van der Waals surface area contributed by atoms with Gasteiger partial charge in [0.25, 0.3) is 0 Å². The highest BCUT2D eigenvalue weighted by atomic mass is 15.2. The molecule has 0 radical (unpaired) electrons. The fourth-order valence-electron chi connectivity index (χ4n) is 3.19. The van der Waals surface area contributed by atoms with Crippen LogP contribution in [0, 0.1) is 0 Å². The standard InChI is InChI=1S/C14H29N3/c1-14(2,3)17-10-6-13(7-11-17)16-8-4-12(15)5-9-16/h12-13H,4-11,15H2,1-3H3. The summed E-state index contributed by atoms with van der Waals surface area (Å²) in [6.07, 6.45) is 5.07. The van der Waals surface area contributed by atoms with Gasteiger partial charge in [0.2, 0.25) is 0 Å². The van der Waals surface area contributed by atoms with Gasteiger partial charge in [-0.2, -0.15) is 0 Å². The van der Waals surface area contributed by atoms with Crippen molar-refractivity contribution in [3.8, 4) is 0 Å². The Bertz CT molecular complexity index is 230. The van der Waals surface area contributed by atoms with E-state index in [1.165, 1.54) is 51.9 Å². The van der Waals surface area contributed by atoms with Crippen LogP contribution in [-0.2, 0) is 0 Å². The molecule has 2 aliphatic heterocycles. The van der Waals surface area contributed by atoms with E-state index in [2.05, 4.69) is 30.6 Å². The summed E-state index contributed by atoms with van der Waals surface area (Å²) in [5.74, 6) is 0. The molecule has 0 atom stereocenters. The second kappa shape index (κ2) is 5.25. The van der Waals surface area contributed by atoms with Crippen LogP contribution in [0.25, 0.3) is 0 Å². The van der Waals surface area contributed by atoms with Crippen molar-refractivity contribution in [2.45, 2.75) is 64.1 Å². The number of hydrogen-bond acceptors (Lipinski definition) is 3. The van der Waals surface area contributed by atoms with Gasteiger partial charge in [-0.1, -0.05) is 0 Å². The Morgan fingerprint density at radius 1 is 0.882 bits per heavy atom. The van der Waals surface area contributed by atoms with Crippen molar-refractivity contribution in [3.05, 3.63) is 0 Å². The molecule has 0 bridgehead atoms. The summed E-state index contributed by atoms with van der Waals surface area (Å²) < 4.78 is 0. The SMILES string of the molecule is CC(C)(C)N1CCC(N2CCC(N)CC2)CC1. The lowest BCUT2D eigenvalue weighted by Crippen LogP contribution is -2.53. The average Bonchev–Trinajstić information content (AvgIpc) is 2.29. The lowest BCUT2D eigenvalue weighted by Gasteiger charge is -2.45. The van der Waals surface area contributed by atoms with Crippen LogP contribution < -0.4 is 5.73 Å². The maximum atomic E-state index is 5.97. The van der Waals surface area contributed by atoms with E-state index in [-0.39, 0.29) is 0 Å². The molecule has 2 saturated heterocycles. The lowest BCUT2D eigenvalue weighted by atomic mass is 9.95. The molecule has 0 amide bonds. The maximum absolute atomic E-state index is 5.97. The Morgan fingerprint density at radius 3 is 1.88 bits per heavy atom. The van der Waals surface area contributed by atoms with E-state index in [9.17, 15) is 0 Å². The average molecular weight is 239 g/mol. The Labute approximate surface area is 106 Å². The van der Waals surface area contributed by atoms with Crippen LogP contribution in [0.3, 0.4) is 0 Å². The van der Waals surface area contributed by atoms with Crippen LogP contribution in [0.1, 0.15) is 46.5 Å². The van der Waals surface area contributed by atoms with Gasteiger partial charge < -0.3 is 10.6 Å². The minimum Gasteiger partial charge on any atom is -0.328 e. The summed E-state index contributed by atoms with van der Waals surface area (Å²) in [6, 6.07) is 1.28. The van der Waals surface area contributed by atoms with Gasteiger partial charge in [-0.25, -0.2) is 0 Å². The zero-order valence-electron chi connectivity index (χ0n) is 11.8. The zero-order chi connectivity index (χ0) is 12.5. The van der Waals surface area contributed by atoms with Gasteiger partial charge in [0.15, 0.2) is 0 Å². The largest absolute Gasteiger partial charge is 0.328 e. The number of piperidine rings is 2. The van der Waals surface area contributed by atoms with Gasteiger partial charge in [-0.05, 0) is 59.5 Å². The fraction of sp³-hybridized carbons (Fsp3) is 1.00. The summed E-state index contributed by atoms with van der Waals surface area (Å²) in [5, 5.41) is 0. The molecule has 0 unspecified atom stereocenters. The highest BCUT2D eigenvalue weighted by molar-refractivity contribution is 4.87. The highest BCUT2D eigenvalue weighted by Gasteiger charge is 2.30. The molecule has 3 nitrogen and oxygen atoms in total. The van der Waals surface area contributed by atoms with Crippen molar-refractivity contribution in [2.75, 3.05) is 26.2 Å². The summed E-state index contributed by atoms with van der Waals surface area (Å²) in [7, 11) is 0. The van der Waals surface area contributed by atoms with Crippen LogP contribution in [0.15, 0.2) is 0 Å². The predicted molar refractivity (Wildman–Crippen MR) is 73.1 cm³/mol. The van der Waals surface area contributed by atoms with Gasteiger partial charge in [0.1, 0.15) is 0 Å². The van der Waals surface area contributed by atoms with Crippen LogP contribution >= 0.6 is 0 Å². The number of hydrogen-bond donors (Lipinski definition) is 1. The molecule has 2 fully saturated rings. The van der Waals surface area contributed by atoms with Gasteiger partial charge in [-0.3, -0.25) is 4.90 Å². The summed E-state index contributed by atoms with van der Waals surface area (Å²) in [4.78, 5) is 5.31. The molecule has 0 aromatic heterocycles. The van der Waals surface area contributed by atoms with E-state index in [4.69, 9.17) is 5.73 Å². The monoisotopic (exact) mass is 239 g/mol. The Balaban J connectivity index is 1.79. The first-order chi connectivity index (χ1) is 7.97. The number of nitrogens with zero attached hydrogens (tertiary/aromatic N) is 2. The number of rotatable bonds is 1. The first-order valence-corrected chi connectivity index (χ1v) is 7.21. The number of nitrogens with two attached hydrogens (primary N) is 1. The zero-order valence-corrected chi connectivity index (χ0v) is 11.8. The van der Waals surface area contributed by atoms with E-state index in [1.807, 2.05) is 0 Å². The quantitative estimate of drug-likeness (QED) is 0.755. The molecule has 0 aliphatic carbocycles. The second-order valence-electron chi connectivity index (χ2n) is 6.76. The molecule has 0 aromatic carbocycles. The highest BCUT2D eigenvalue weighted by Crippen LogP contribution is 2.24. The van der Waals surface area contributed by atoms with Crippen molar-refractivity contribution in [1.82, 2.24) is 9.80 Å². The van der Waals surface area contributed by atoms with Crippen molar-refractivity contribution in [1.29, 1.82) is 0 Å². The molecule has 2 heterocycles. The summed E-state index contributed by atoms with van der Waals surface area (Å²) in [5.41, 5.74) is 6.31. The van der Waals surface area contributed by atoms with E-state index >= 15 is 0 Å². The molecule has 2 aliphatic rings. The van der Waals surface area contributed by atoms with E-state index in [1.54, 1.807) is 0 Å².